The lowest BCUT2D eigenvalue weighted by Crippen LogP contribution is -2.14. The van der Waals surface area contributed by atoms with Gasteiger partial charge in [0.15, 0.2) is 17.5 Å². The first-order chi connectivity index (χ1) is 27.0. The van der Waals surface area contributed by atoms with Gasteiger partial charge in [-0.15, -0.1) is 0 Å². The molecule has 260 valence electrons. The van der Waals surface area contributed by atoms with E-state index in [9.17, 15) is 0 Å². The van der Waals surface area contributed by atoms with E-state index in [4.69, 9.17) is 15.0 Å². The maximum atomic E-state index is 5.23. The lowest BCUT2D eigenvalue weighted by atomic mass is 9.82. The molecule has 0 N–H and O–H groups in total. The fourth-order valence-corrected chi connectivity index (χ4v) is 8.32. The predicted molar refractivity (Wildman–Crippen MR) is 228 cm³/mol. The summed E-state index contributed by atoms with van der Waals surface area (Å²) in [7, 11) is 0. The zero-order valence-corrected chi connectivity index (χ0v) is 30.7. The third-order valence-corrected chi connectivity index (χ3v) is 11.2. The molecule has 0 saturated heterocycles. The smallest absolute Gasteiger partial charge is 0.164 e. The SMILES string of the molecule is CC1(C)c2ccccc2-c2cc(-c3ccc(-c4nc(-c5cccc(-c6ccccc6)c5)nc(-c5cccc(-c6ccccc6)c5)n4)c4ccccc34)ccc21. The number of aromatic nitrogens is 3. The van der Waals surface area contributed by atoms with E-state index in [2.05, 4.69) is 190 Å². The van der Waals surface area contributed by atoms with Crippen molar-refractivity contribution in [3.8, 4) is 78.7 Å². The normalized spacial score (nSPS) is 12.7. The van der Waals surface area contributed by atoms with Crippen molar-refractivity contribution in [3.05, 3.63) is 199 Å². The van der Waals surface area contributed by atoms with Gasteiger partial charge in [0.2, 0.25) is 0 Å². The van der Waals surface area contributed by atoms with Crippen molar-refractivity contribution in [1.29, 1.82) is 0 Å². The molecule has 1 aromatic heterocycles. The molecular formula is C52H37N3. The average Bonchev–Trinajstić information content (AvgIpc) is 3.49. The summed E-state index contributed by atoms with van der Waals surface area (Å²) < 4.78 is 0. The van der Waals surface area contributed by atoms with Crippen LogP contribution in [0.2, 0.25) is 0 Å². The Morgan fingerprint density at radius 2 is 0.764 bits per heavy atom. The molecule has 0 spiro atoms. The van der Waals surface area contributed by atoms with Crippen LogP contribution < -0.4 is 0 Å². The second-order valence-electron chi connectivity index (χ2n) is 14.8. The quantitative estimate of drug-likeness (QED) is 0.173. The van der Waals surface area contributed by atoms with Crippen LogP contribution in [0.25, 0.3) is 89.4 Å². The predicted octanol–water partition coefficient (Wildman–Crippen LogP) is 13.3. The van der Waals surface area contributed by atoms with Crippen molar-refractivity contribution in [3.63, 3.8) is 0 Å². The van der Waals surface area contributed by atoms with E-state index in [1.807, 2.05) is 12.1 Å². The maximum absolute atomic E-state index is 5.23. The fourth-order valence-electron chi connectivity index (χ4n) is 8.32. The molecule has 55 heavy (non-hydrogen) atoms. The highest BCUT2D eigenvalue weighted by Crippen LogP contribution is 2.50. The van der Waals surface area contributed by atoms with Crippen LogP contribution in [-0.2, 0) is 5.41 Å². The Morgan fingerprint density at radius 3 is 1.40 bits per heavy atom. The summed E-state index contributed by atoms with van der Waals surface area (Å²) in [4.78, 5) is 15.6. The summed E-state index contributed by atoms with van der Waals surface area (Å²) >= 11 is 0. The van der Waals surface area contributed by atoms with Gasteiger partial charge in [0.1, 0.15) is 0 Å². The van der Waals surface area contributed by atoms with E-state index in [0.717, 1.165) is 49.7 Å². The first kappa shape index (κ1) is 32.7. The molecule has 0 fully saturated rings. The van der Waals surface area contributed by atoms with Crippen molar-refractivity contribution in [2.24, 2.45) is 0 Å². The summed E-state index contributed by atoms with van der Waals surface area (Å²) in [5.41, 5.74) is 15.1. The zero-order chi connectivity index (χ0) is 36.9. The van der Waals surface area contributed by atoms with Gasteiger partial charge in [-0.3, -0.25) is 0 Å². The molecule has 8 aromatic carbocycles. The van der Waals surface area contributed by atoms with Crippen molar-refractivity contribution in [2.45, 2.75) is 19.3 Å². The number of fused-ring (bicyclic) bond motifs is 4. The van der Waals surface area contributed by atoms with Crippen LogP contribution in [0.5, 0.6) is 0 Å². The van der Waals surface area contributed by atoms with Gasteiger partial charge in [0, 0.05) is 22.1 Å². The number of benzene rings is 8. The van der Waals surface area contributed by atoms with Crippen LogP contribution in [0, 0.1) is 0 Å². The highest BCUT2D eigenvalue weighted by atomic mass is 15.0. The lowest BCUT2D eigenvalue weighted by Gasteiger charge is -2.21. The van der Waals surface area contributed by atoms with Crippen LogP contribution in [0.3, 0.4) is 0 Å². The number of hydrogen-bond acceptors (Lipinski definition) is 3. The van der Waals surface area contributed by atoms with Gasteiger partial charge < -0.3 is 0 Å². The van der Waals surface area contributed by atoms with Crippen molar-refractivity contribution in [1.82, 2.24) is 15.0 Å². The molecule has 1 heterocycles. The van der Waals surface area contributed by atoms with E-state index >= 15 is 0 Å². The number of rotatable bonds is 6. The minimum atomic E-state index is -0.0360. The largest absolute Gasteiger partial charge is 0.208 e. The van der Waals surface area contributed by atoms with Crippen molar-refractivity contribution < 1.29 is 0 Å². The van der Waals surface area contributed by atoms with Gasteiger partial charge >= 0.3 is 0 Å². The second-order valence-corrected chi connectivity index (χ2v) is 14.8. The molecule has 0 atom stereocenters. The van der Waals surface area contributed by atoms with Crippen LogP contribution in [0.1, 0.15) is 25.0 Å². The summed E-state index contributed by atoms with van der Waals surface area (Å²) in [6, 6.07) is 66.7. The molecule has 0 amide bonds. The van der Waals surface area contributed by atoms with Gasteiger partial charge in [-0.1, -0.05) is 178 Å². The minimum Gasteiger partial charge on any atom is -0.208 e. The molecular weight excluding hydrogens is 667 g/mol. The molecule has 1 aliphatic rings. The number of nitrogens with zero attached hydrogens (tertiary/aromatic N) is 3. The summed E-state index contributed by atoms with van der Waals surface area (Å²) in [5, 5.41) is 2.26. The Hall–Kier alpha value is -6.97. The molecule has 0 radical (unpaired) electrons. The van der Waals surface area contributed by atoms with Crippen LogP contribution in [0.4, 0.5) is 0 Å². The van der Waals surface area contributed by atoms with Crippen LogP contribution >= 0.6 is 0 Å². The van der Waals surface area contributed by atoms with Crippen LogP contribution in [-0.4, -0.2) is 15.0 Å². The molecule has 0 bridgehead atoms. The highest BCUT2D eigenvalue weighted by Gasteiger charge is 2.35. The molecule has 10 rings (SSSR count). The maximum Gasteiger partial charge on any atom is 0.164 e. The Bertz CT molecular complexity index is 2790. The Labute approximate surface area is 321 Å². The Kier molecular flexibility index (Phi) is 7.81. The first-order valence-electron chi connectivity index (χ1n) is 18.9. The first-order valence-corrected chi connectivity index (χ1v) is 18.9. The van der Waals surface area contributed by atoms with E-state index < -0.39 is 0 Å². The van der Waals surface area contributed by atoms with Gasteiger partial charge in [-0.2, -0.15) is 0 Å². The fraction of sp³-hybridized carbons (Fsp3) is 0.0577. The van der Waals surface area contributed by atoms with Crippen molar-refractivity contribution in [2.75, 3.05) is 0 Å². The molecule has 3 heteroatoms. The second kappa shape index (κ2) is 13.2. The van der Waals surface area contributed by atoms with Gasteiger partial charge in [-0.25, -0.2) is 15.0 Å². The topological polar surface area (TPSA) is 38.7 Å². The molecule has 0 aliphatic heterocycles. The van der Waals surface area contributed by atoms with E-state index in [0.29, 0.717) is 17.5 Å². The zero-order valence-electron chi connectivity index (χ0n) is 30.7. The van der Waals surface area contributed by atoms with Gasteiger partial charge in [0.25, 0.3) is 0 Å². The summed E-state index contributed by atoms with van der Waals surface area (Å²) in [6.07, 6.45) is 0. The summed E-state index contributed by atoms with van der Waals surface area (Å²) in [6.45, 7) is 4.66. The average molecular weight is 704 g/mol. The third kappa shape index (κ3) is 5.73. The minimum absolute atomic E-state index is 0.0360. The van der Waals surface area contributed by atoms with Crippen LogP contribution in [0.15, 0.2) is 188 Å². The Morgan fingerprint density at radius 1 is 0.291 bits per heavy atom. The molecule has 0 unspecified atom stereocenters. The molecule has 3 nitrogen and oxygen atoms in total. The number of hydrogen-bond donors (Lipinski definition) is 0. The highest BCUT2D eigenvalue weighted by molar-refractivity contribution is 6.05. The monoisotopic (exact) mass is 703 g/mol. The van der Waals surface area contributed by atoms with Gasteiger partial charge in [-0.05, 0) is 90.7 Å². The summed E-state index contributed by atoms with van der Waals surface area (Å²) in [5.74, 6) is 1.91. The molecule has 9 aromatic rings. The van der Waals surface area contributed by atoms with Gasteiger partial charge in [0.05, 0.1) is 0 Å². The van der Waals surface area contributed by atoms with E-state index in [-0.39, 0.29) is 5.41 Å². The standard InChI is InChI=1S/C52H37N3/c1-52(2)47-26-12-11-25-44(47)46-33-38(27-30-48(46)52)41-28-29-45(43-24-10-9-23-42(41)43)51-54-49(39-21-13-19-36(31-39)34-15-5-3-6-16-34)53-50(55-51)40-22-14-20-37(32-40)35-17-7-4-8-18-35/h3-33H,1-2H3. The third-order valence-electron chi connectivity index (χ3n) is 11.2. The Balaban J connectivity index is 1.14. The lowest BCUT2D eigenvalue weighted by molar-refractivity contribution is 0.660. The van der Waals surface area contributed by atoms with E-state index in [1.165, 1.54) is 33.4 Å². The van der Waals surface area contributed by atoms with Crippen molar-refractivity contribution >= 4 is 10.8 Å². The van der Waals surface area contributed by atoms with E-state index in [1.54, 1.807) is 0 Å². The molecule has 0 saturated carbocycles. The molecule has 1 aliphatic carbocycles.